The number of hydrogen-bond acceptors (Lipinski definition) is 3. The molecule has 2 aromatic carbocycles. The summed E-state index contributed by atoms with van der Waals surface area (Å²) in [4.78, 5) is 17.8. The van der Waals surface area contributed by atoms with Crippen LogP contribution in [0.5, 0.6) is 0 Å². The van der Waals surface area contributed by atoms with E-state index in [0.717, 1.165) is 6.07 Å². The number of rotatable bonds is 4. The van der Waals surface area contributed by atoms with Gasteiger partial charge in [0.15, 0.2) is 0 Å². The zero-order valence-corrected chi connectivity index (χ0v) is 20.1. The van der Waals surface area contributed by atoms with Crippen LogP contribution in [-0.2, 0) is 10.4 Å². The number of halogens is 3. The standard InChI is InChI=1S/C27H33F3N2O2/c1-16(2)31-14-23(22-10-9-21(29)13-25(22)30)24(15-31)26(33)32-12-11-17(3)27(34,18(32)4)19-5-7-20(28)8-6-19/h5-10,13,16-18,23-24,34H,11-12,14-15H2,1-4H3/t17-,18-,23-,24+,27-/m0/s1. The van der Waals surface area contributed by atoms with Crippen LogP contribution < -0.4 is 0 Å². The van der Waals surface area contributed by atoms with E-state index < -0.39 is 35.1 Å². The number of carbonyl (C=O) groups excluding carboxylic acids is 1. The normalized spacial score (nSPS) is 30.2. The van der Waals surface area contributed by atoms with Gasteiger partial charge >= 0.3 is 0 Å². The molecular formula is C27H33F3N2O2. The first-order valence-electron chi connectivity index (χ1n) is 12.0. The summed E-state index contributed by atoms with van der Waals surface area (Å²) in [6.07, 6.45) is 0.583. The number of piperidine rings is 1. The zero-order valence-electron chi connectivity index (χ0n) is 20.1. The monoisotopic (exact) mass is 474 g/mol. The summed E-state index contributed by atoms with van der Waals surface area (Å²) in [5, 5.41) is 11.8. The molecular weight excluding hydrogens is 441 g/mol. The molecule has 0 spiro atoms. The summed E-state index contributed by atoms with van der Waals surface area (Å²) in [7, 11) is 0. The number of amides is 1. The highest BCUT2D eigenvalue weighted by atomic mass is 19.1. The summed E-state index contributed by atoms with van der Waals surface area (Å²) in [6.45, 7) is 9.26. The quantitative estimate of drug-likeness (QED) is 0.700. The van der Waals surface area contributed by atoms with Gasteiger partial charge in [0.25, 0.3) is 0 Å². The van der Waals surface area contributed by atoms with E-state index in [1.54, 1.807) is 17.0 Å². The van der Waals surface area contributed by atoms with Crippen molar-refractivity contribution in [3.8, 4) is 0 Å². The van der Waals surface area contributed by atoms with Crippen molar-refractivity contribution in [2.24, 2.45) is 11.8 Å². The number of likely N-dealkylation sites (tertiary alicyclic amines) is 2. The van der Waals surface area contributed by atoms with Crippen molar-refractivity contribution in [3.05, 3.63) is 71.0 Å². The van der Waals surface area contributed by atoms with Crippen LogP contribution in [-0.4, -0.2) is 52.5 Å². The molecule has 2 fully saturated rings. The Kier molecular flexibility index (Phi) is 6.80. The lowest BCUT2D eigenvalue weighted by molar-refractivity contribution is -0.159. The first kappa shape index (κ1) is 24.7. The van der Waals surface area contributed by atoms with Crippen molar-refractivity contribution in [1.29, 1.82) is 0 Å². The molecule has 2 aromatic rings. The molecule has 2 saturated heterocycles. The fourth-order valence-electron chi connectivity index (χ4n) is 5.78. The molecule has 1 N–H and O–H groups in total. The Hall–Kier alpha value is -2.38. The van der Waals surface area contributed by atoms with Crippen LogP contribution >= 0.6 is 0 Å². The van der Waals surface area contributed by atoms with Crippen LogP contribution in [0.2, 0.25) is 0 Å². The van der Waals surface area contributed by atoms with Crippen LogP contribution in [0.25, 0.3) is 0 Å². The van der Waals surface area contributed by atoms with Gasteiger partial charge in [0, 0.05) is 37.7 Å². The van der Waals surface area contributed by atoms with Crippen LogP contribution in [0.3, 0.4) is 0 Å². The van der Waals surface area contributed by atoms with Gasteiger partial charge in [-0.3, -0.25) is 9.69 Å². The maximum Gasteiger partial charge on any atom is 0.228 e. The number of carbonyl (C=O) groups is 1. The second-order valence-electron chi connectivity index (χ2n) is 10.2. The Labute approximate surface area is 199 Å². The number of benzene rings is 2. The smallest absolute Gasteiger partial charge is 0.228 e. The fourth-order valence-corrected chi connectivity index (χ4v) is 5.78. The van der Waals surface area contributed by atoms with E-state index >= 15 is 0 Å². The average molecular weight is 475 g/mol. The highest BCUT2D eigenvalue weighted by molar-refractivity contribution is 5.81. The Morgan fingerprint density at radius 3 is 2.29 bits per heavy atom. The van der Waals surface area contributed by atoms with Crippen molar-refractivity contribution < 1.29 is 23.1 Å². The van der Waals surface area contributed by atoms with E-state index in [2.05, 4.69) is 4.90 Å². The van der Waals surface area contributed by atoms with Gasteiger partial charge in [0.2, 0.25) is 5.91 Å². The molecule has 0 saturated carbocycles. The summed E-state index contributed by atoms with van der Waals surface area (Å²) in [5.74, 6) is -2.89. The molecule has 2 aliphatic heterocycles. The lowest BCUT2D eigenvalue weighted by atomic mass is 9.72. The Morgan fingerprint density at radius 1 is 1.03 bits per heavy atom. The Balaban J connectivity index is 1.67. The molecule has 0 aromatic heterocycles. The first-order chi connectivity index (χ1) is 16.0. The minimum absolute atomic E-state index is 0.141. The van der Waals surface area contributed by atoms with Gasteiger partial charge < -0.3 is 10.0 Å². The summed E-state index contributed by atoms with van der Waals surface area (Å²) in [5.41, 5.74) is -0.424. The topological polar surface area (TPSA) is 43.8 Å². The van der Waals surface area contributed by atoms with E-state index in [0.29, 0.717) is 37.2 Å². The van der Waals surface area contributed by atoms with Crippen molar-refractivity contribution in [2.75, 3.05) is 19.6 Å². The number of nitrogens with zero attached hydrogens (tertiary/aromatic N) is 2. The molecule has 0 aliphatic carbocycles. The third kappa shape index (κ3) is 4.24. The molecule has 2 aliphatic rings. The Bertz CT molecular complexity index is 1040. The van der Waals surface area contributed by atoms with Gasteiger partial charge in [0.05, 0.1) is 12.0 Å². The summed E-state index contributed by atoms with van der Waals surface area (Å²) >= 11 is 0. The molecule has 5 atom stereocenters. The van der Waals surface area contributed by atoms with Gasteiger partial charge in [-0.15, -0.1) is 0 Å². The average Bonchev–Trinajstić information content (AvgIpc) is 3.23. The lowest BCUT2D eigenvalue weighted by Gasteiger charge is -2.50. The SMILES string of the molecule is CC(C)N1C[C@@H](C(=O)N2CC[C@H](C)[C@@](O)(c3ccc(F)cc3)[C@@H]2C)[C@H](c2ccc(F)cc2F)C1. The van der Waals surface area contributed by atoms with Crippen LogP contribution in [0, 0.1) is 29.3 Å². The van der Waals surface area contributed by atoms with Gasteiger partial charge in [-0.1, -0.05) is 25.1 Å². The largest absolute Gasteiger partial charge is 0.383 e. The summed E-state index contributed by atoms with van der Waals surface area (Å²) < 4.78 is 41.9. The number of aliphatic hydroxyl groups is 1. The lowest BCUT2D eigenvalue weighted by Crippen LogP contribution is -2.60. The minimum atomic E-state index is -1.34. The van der Waals surface area contributed by atoms with E-state index in [9.17, 15) is 23.1 Å². The predicted octanol–water partition coefficient (Wildman–Crippen LogP) is 4.67. The number of hydrogen-bond donors (Lipinski definition) is 1. The van der Waals surface area contributed by atoms with Crippen molar-refractivity contribution in [2.45, 2.75) is 57.7 Å². The molecule has 4 rings (SSSR count). The summed E-state index contributed by atoms with van der Waals surface area (Å²) in [6, 6.07) is 8.93. The molecule has 4 nitrogen and oxygen atoms in total. The first-order valence-corrected chi connectivity index (χ1v) is 12.0. The molecule has 184 valence electrons. The van der Waals surface area contributed by atoms with E-state index in [1.807, 2.05) is 27.7 Å². The van der Waals surface area contributed by atoms with E-state index in [1.165, 1.54) is 24.3 Å². The molecule has 1 amide bonds. The van der Waals surface area contributed by atoms with Gasteiger partial charge in [0.1, 0.15) is 23.1 Å². The van der Waals surface area contributed by atoms with Gasteiger partial charge in [-0.05, 0) is 62.4 Å². The molecule has 0 unspecified atom stereocenters. The molecule has 2 heterocycles. The molecule has 34 heavy (non-hydrogen) atoms. The fraction of sp³-hybridized carbons (Fsp3) is 0.519. The van der Waals surface area contributed by atoms with E-state index in [4.69, 9.17) is 0 Å². The highest BCUT2D eigenvalue weighted by Crippen LogP contribution is 2.43. The predicted molar refractivity (Wildman–Crippen MR) is 125 cm³/mol. The molecule has 0 radical (unpaired) electrons. The van der Waals surface area contributed by atoms with Crippen molar-refractivity contribution in [3.63, 3.8) is 0 Å². The molecule has 7 heteroatoms. The zero-order chi connectivity index (χ0) is 24.8. The minimum Gasteiger partial charge on any atom is -0.383 e. The third-order valence-corrected chi connectivity index (χ3v) is 8.01. The second-order valence-corrected chi connectivity index (χ2v) is 10.2. The van der Waals surface area contributed by atoms with Crippen molar-refractivity contribution >= 4 is 5.91 Å². The van der Waals surface area contributed by atoms with E-state index in [-0.39, 0.29) is 23.7 Å². The highest BCUT2D eigenvalue weighted by Gasteiger charge is 2.51. The maximum atomic E-state index is 14.8. The van der Waals surface area contributed by atoms with Crippen LogP contribution in [0.4, 0.5) is 13.2 Å². The van der Waals surface area contributed by atoms with Gasteiger partial charge in [-0.25, -0.2) is 13.2 Å². The van der Waals surface area contributed by atoms with Crippen LogP contribution in [0.1, 0.15) is 51.2 Å². The second kappa shape index (κ2) is 9.34. The maximum absolute atomic E-state index is 14.8. The Morgan fingerprint density at radius 2 is 1.68 bits per heavy atom. The van der Waals surface area contributed by atoms with Crippen LogP contribution in [0.15, 0.2) is 42.5 Å². The van der Waals surface area contributed by atoms with Crippen molar-refractivity contribution in [1.82, 2.24) is 9.80 Å². The van der Waals surface area contributed by atoms with Gasteiger partial charge in [-0.2, -0.15) is 0 Å². The third-order valence-electron chi connectivity index (χ3n) is 8.01. The molecule has 0 bridgehead atoms.